The fourth-order valence-corrected chi connectivity index (χ4v) is 3.39. The minimum atomic E-state index is -0.984. The summed E-state index contributed by atoms with van der Waals surface area (Å²) < 4.78 is 1.18. The van der Waals surface area contributed by atoms with Crippen LogP contribution in [-0.4, -0.2) is 19.9 Å². The van der Waals surface area contributed by atoms with E-state index in [1.54, 1.807) is 24.3 Å². The standard InChI is InChI=1S/C23H18ClN3O2/c24-19-14-8-7-13-18(19)20(28)15-27-23(29)25-21(16-9-3-1-4-10-16)22(26-27)17-11-5-2-6-12-17/h1-14,20,28H,15H2. The van der Waals surface area contributed by atoms with E-state index in [9.17, 15) is 9.90 Å². The van der Waals surface area contributed by atoms with E-state index in [1.165, 1.54) is 4.68 Å². The number of benzene rings is 3. The van der Waals surface area contributed by atoms with Crippen molar-refractivity contribution in [3.8, 4) is 22.5 Å². The Kier molecular flexibility index (Phi) is 5.51. The average molecular weight is 404 g/mol. The zero-order chi connectivity index (χ0) is 20.2. The summed E-state index contributed by atoms with van der Waals surface area (Å²) in [5.41, 5.74) is 2.72. The molecule has 0 aliphatic heterocycles. The molecule has 6 heteroatoms. The highest BCUT2D eigenvalue weighted by Crippen LogP contribution is 2.28. The van der Waals surface area contributed by atoms with Crippen LogP contribution in [-0.2, 0) is 6.54 Å². The average Bonchev–Trinajstić information content (AvgIpc) is 2.76. The maximum atomic E-state index is 12.7. The second-order valence-corrected chi connectivity index (χ2v) is 6.95. The molecule has 1 heterocycles. The first-order valence-electron chi connectivity index (χ1n) is 9.16. The summed E-state index contributed by atoms with van der Waals surface area (Å²) in [5.74, 6) is 0. The van der Waals surface area contributed by atoms with E-state index in [0.717, 1.165) is 11.1 Å². The second kappa shape index (κ2) is 8.39. The van der Waals surface area contributed by atoms with Gasteiger partial charge in [-0.05, 0) is 6.07 Å². The number of aromatic nitrogens is 3. The monoisotopic (exact) mass is 403 g/mol. The van der Waals surface area contributed by atoms with Crippen molar-refractivity contribution in [1.82, 2.24) is 14.8 Å². The molecular weight excluding hydrogens is 386 g/mol. The van der Waals surface area contributed by atoms with Gasteiger partial charge in [-0.15, -0.1) is 0 Å². The van der Waals surface area contributed by atoms with E-state index in [-0.39, 0.29) is 6.54 Å². The van der Waals surface area contributed by atoms with Gasteiger partial charge in [0.2, 0.25) is 0 Å². The van der Waals surface area contributed by atoms with Crippen molar-refractivity contribution in [3.63, 3.8) is 0 Å². The van der Waals surface area contributed by atoms with Gasteiger partial charge in [-0.25, -0.2) is 9.48 Å². The highest BCUT2D eigenvalue weighted by atomic mass is 35.5. The molecule has 1 aromatic heterocycles. The number of aliphatic hydroxyl groups is 1. The van der Waals surface area contributed by atoms with Crippen LogP contribution in [0.3, 0.4) is 0 Å². The van der Waals surface area contributed by atoms with Crippen LogP contribution in [0.15, 0.2) is 89.7 Å². The summed E-state index contributed by atoms with van der Waals surface area (Å²) in [6.45, 7) is -0.0511. The molecule has 144 valence electrons. The molecule has 0 saturated carbocycles. The number of aliphatic hydroxyl groups excluding tert-OH is 1. The molecule has 3 aromatic carbocycles. The summed E-state index contributed by atoms with van der Waals surface area (Å²) in [4.78, 5) is 17.0. The van der Waals surface area contributed by atoms with Crippen LogP contribution in [0, 0.1) is 0 Å². The number of hydrogen-bond acceptors (Lipinski definition) is 4. The van der Waals surface area contributed by atoms with Crippen molar-refractivity contribution in [1.29, 1.82) is 0 Å². The summed E-state index contributed by atoms with van der Waals surface area (Å²) in [7, 11) is 0. The predicted octanol–water partition coefficient (Wildman–Crippen LogP) is 4.36. The molecule has 0 aliphatic rings. The largest absolute Gasteiger partial charge is 0.386 e. The maximum Gasteiger partial charge on any atom is 0.364 e. The molecule has 0 amide bonds. The molecule has 4 rings (SSSR count). The van der Waals surface area contributed by atoms with Crippen molar-refractivity contribution in [3.05, 3.63) is 106 Å². The van der Waals surface area contributed by atoms with Gasteiger partial charge in [-0.1, -0.05) is 90.5 Å². The Labute approximate surface area is 172 Å². The van der Waals surface area contributed by atoms with Gasteiger partial charge in [-0.3, -0.25) is 0 Å². The van der Waals surface area contributed by atoms with Gasteiger partial charge < -0.3 is 5.11 Å². The molecule has 1 atom stereocenters. The van der Waals surface area contributed by atoms with Crippen molar-refractivity contribution in [2.24, 2.45) is 0 Å². The Morgan fingerprint density at radius 1 is 0.828 bits per heavy atom. The van der Waals surface area contributed by atoms with E-state index in [0.29, 0.717) is 22.0 Å². The lowest BCUT2D eigenvalue weighted by Gasteiger charge is -2.15. The molecule has 4 aromatic rings. The third-order valence-corrected chi connectivity index (χ3v) is 4.92. The van der Waals surface area contributed by atoms with E-state index >= 15 is 0 Å². The Balaban J connectivity index is 1.80. The SMILES string of the molecule is O=c1nc(-c2ccccc2)c(-c2ccccc2)nn1CC(O)c1ccccc1Cl. The lowest BCUT2D eigenvalue weighted by atomic mass is 10.0. The molecule has 1 unspecified atom stereocenters. The first-order chi connectivity index (χ1) is 14.1. The molecule has 0 bridgehead atoms. The zero-order valence-corrected chi connectivity index (χ0v) is 16.2. The first-order valence-corrected chi connectivity index (χ1v) is 9.54. The molecule has 0 radical (unpaired) electrons. The molecular formula is C23H18ClN3O2. The van der Waals surface area contributed by atoms with Crippen molar-refractivity contribution in [2.75, 3.05) is 0 Å². The predicted molar refractivity (Wildman–Crippen MR) is 114 cm³/mol. The van der Waals surface area contributed by atoms with Crippen LogP contribution < -0.4 is 5.69 Å². The van der Waals surface area contributed by atoms with E-state index < -0.39 is 11.8 Å². The van der Waals surface area contributed by atoms with E-state index in [1.807, 2.05) is 60.7 Å². The van der Waals surface area contributed by atoms with Crippen molar-refractivity contribution < 1.29 is 5.11 Å². The van der Waals surface area contributed by atoms with Crippen LogP contribution in [0.25, 0.3) is 22.5 Å². The van der Waals surface area contributed by atoms with Gasteiger partial charge in [0, 0.05) is 21.7 Å². The fraction of sp³-hybridized carbons (Fsp3) is 0.0870. The number of halogens is 1. The summed E-state index contributed by atoms with van der Waals surface area (Å²) in [6, 6.07) is 26.0. The van der Waals surface area contributed by atoms with Gasteiger partial charge in [0.25, 0.3) is 0 Å². The Hall–Kier alpha value is -3.28. The van der Waals surface area contributed by atoms with Gasteiger partial charge in [-0.2, -0.15) is 10.1 Å². The quantitative estimate of drug-likeness (QED) is 0.537. The summed E-state index contributed by atoms with van der Waals surface area (Å²) in [6.07, 6.45) is -0.984. The lowest BCUT2D eigenvalue weighted by Crippen LogP contribution is -2.29. The van der Waals surface area contributed by atoms with Gasteiger partial charge >= 0.3 is 5.69 Å². The normalized spacial score (nSPS) is 11.9. The van der Waals surface area contributed by atoms with Crippen LogP contribution >= 0.6 is 11.6 Å². The summed E-state index contributed by atoms with van der Waals surface area (Å²) in [5, 5.41) is 15.6. The molecule has 0 spiro atoms. The van der Waals surface area contributed by atoms with Crippen molar-refractivity contribution >= 4 is 11.6 Å². The van der Waals surface area contributed by atoms with E-state index in [4.69, 9.17) is 11.6 Å². The smallest absolute Gasteiger partial charge is 0.364 e. The molecule has 1 N–H and O–H groups in total. The maximum absolute atomic E-state index is 12.7. The highest BCUT2D eigenvalue weighted by Gasteiger charge is 2.18. The topological polar surface area (TPSA) is 68.0 Å². The highest BCUT2D eigenvalue weighted by molar-refractivity contribution is 6.31. The van der Waals surface area contributed by atoms with Crippen molar-refractivity contribution in [2.45, 2.75) is 12.6 Å². The van der Waals surface area contributed by atoms with Gasteiger partial charge in [0.1, 0.15) is 17.5 Å². The zero-order valence-electron chi connectivity index (χ0n) is 15.4. The third kappa shape index (κ3) is 4.11. The molecule has 0 saturated heterocycles. The number of rotatable bonds is 5. The van der Waals surface area contributed by atoms with Crippen LogP contribution in [0.1, 0.15) is 11.7 Å². The molecule has 0 aliphatic carbocycles. The first kappa shape index (κ1) is 19.1. The third-order valence-electron chi connectivity index (χ3n) is 4.58. The van der Waals surface area contributed by atoms with E-state index in [2.05, 4.69) is 10.1 Å². The molecule has 29 heavy (non-hydrogen) atoms. The van der Waals surface area contributed by atoms with Crippen LogP contribution in [0.4, 0.5) is 0 Å². The van der Waals surface area contributed by atoms with Gasteiger partial charge in [0.05, 0.1) is 6.54 Å². The Morgan fingerprint density at radius 3 is 2.00 bits per heavy atom. The lowest BCUT2D eigenvalue weighted by molar-refractivity contribution is 0.149. The van der Waals surface area contributed by atoms with Crippen LogP contribution in [0.5, 0.6) is 0 Å². The van der Waals surface area contributed by atoms with Gasteiger partial charge in [0.15, 0.2) is 0 Å². The molecule has 0 fully saturated rings. The van der Waals surface area contributed by atoms with Crippen LogP contribution in [0.2, 0.25) is 5.02 Å². The number of nitrogens with zero attached hydrogens (tertiary/aromatic N) is 3. The minimum Gasteiger partial charge on any atom is -0.386 e. The summed E-state index contributed by atoms with van der Waals surface area (Å²) >= 11 is 6.17. The minimum absolute atomic E-state index is 0.0511. The second-order valence-electron chi connectivity index (χ2n) is 6.54. The fourth-order valence-electron chi connectivity index (χ4n) is 3.13. The Morgan fingerprint density at radius 2 is 1.38 bits per heavy atom. The number of hydrogen-bond donors (Lipinski definition) is 1. The molecule has 5 nitrogen and oxygen atoms in total. The Bertz CT molecular complexity index is 1180.